The van der Waals surface area contributed by atoms with Gasteiger partial charge in [-0.15, -0.1) is 0 Å². The molecule has 0 radical (unpaired) electrons. The molecule has 1 aliphatic rings. The molecule has 1 aromatic carbocycles. The van der Waals surface area contributed by atoms with Crippen LogP contribution in [0.15, 0.2) is 24.3 Å². The molecule has 0 bridgehead atoms. The highest BCUT2D eigenvalue weighted by atomic mass is 16.5. The highest BCUT2D eigenvalue weighted by molar-refractivity contribution is 5.31. The van der Waals surface area contributed by atoms with Crippen LogP contribution in [0.1, 0.15) is 12.8 Å². The van der Waals surface area contributed by atoms with Crippen LogP contribution in [0, 0.1) is 5.92 Å². The second-order valence-corrected chi connectivity index (χ2v) is 4.78. The highest BCUT2D eigenvalue weighted by Gasteiger charge is 2.13. The van der Waals surface area contributed by atoms with Gasteiger partial charge in [0.2, 0.25) is 0 Å². The van der Waals surface area contributed by atoms with Crippen LogP contribution in [0.25, 0.3) is 0 Å². The Morgan fingerprint density at radius 3 is 2.58 bits per heavy atom. The first-order valence-electron chi connectivity index (χ1n) is 6.94. The van der Waals surface area contributed by atoms with Gasteiger partial charge in [-0.1, -0.05) is 0 Å². The van der Waals surface area contributed by atoms with Crippen LogP contribution in [0.4, 0.5) is 0 Å². The number of ether oxygens (including phenoxy) is 3. The zero-order valence-corrected chi connectivity index (χ0v) is 11.6. The summed E-state index contributed by atoms with van der Waals surface area (Å²) in [7, 11) is 1.66. The summed E-state index contributed by atoms with van der Waals surface area (Å²) in [6, 6.07) is 7.60. The van der Waals surface area contributed by atoms with Crippen LogP contribution >= 0.6 is 0 Å². The molecule has 0 saturated carbocycles. The van der Waals surface area contributed by atoms with Crippen molar-refractivity contribution in [2.75, 3.05) is 40.0 Å². The second-order valence-electron chi connectivity index (χ2n) is 4.78. The normalized spacial score (nSPS) is 18.5. The zero-order chi connectivity index (χ0) is 13.3. The van der Waals surface area contributed by atoms with E-state index in [-0.39, 0.29) is 0 Å². The highest BCUT2D eigenvalue weighted by Crippen LogP contribution is 2.16. The number of benzene rings is 1. The maximum absolute atomic E-state index is 5.58. The topological polar surface area (TPSA) is 39.7 Å². The van der Waals surface area contributed by atoms with Crippen LogP contribution < -0.4 is 14.8 Å². The molecule has 0 aromatic heterocycles. The third-order valence-corrected chi connectivity index (χ3v) is 3.39. The number of nitrogens with one attached hydrogen (secondary N) is 1. The Hall–Kier alpha value is -1.26. The van der Waals surface area contributed by atoms with Gasteiger partial charge in [0.15, 0.2) is 0 Å². The predicted molar refractivity (Wildman–Crippen MR) is 74.9 cm³/mol. The van der Waals surface area contributed by atoms with E-state index < -0.39 is 0 Å². The second kappa shape index (κ2) is 8.02. The smallest absolute Gasteiger partial charge is 0.119 e. The minimum Gasteiger partial charge on any atom is -0.497 e. The van der Waals surface area contributed by atoms with Crippen molar-refractivity contribution >= 4 is 0 Å². The monoisotopic (exact) mass is 265 g/mol. The summed E-state index contributed by atoms with van der Waals surface area (Å²) >= 11 is 0. The van der Waals surface area contributed by atoms with E-state index in [0.717, 1.165) is 43.5 Å². The van der Waals surface area contributed by atoms with Crippen molar-refractivity contribution in [1.29, 1.82) is 0 Å². The van der Waals surface area contributed by atoms with E-state index in [4.69, 9.17) is 14.2 Å². The van der Waals surface area contributed by atoms with Crippen LogP contribution in [-0.2, 0) is 4.74 Å². The molecule has 106 valence electrons. The van der Waals surface area contributed by atoms with Gasteiger partial charge in [0.1, 0.15) is 18.1 Å². The first kappa shape index (κ1) is 14.2. The molecule has 2 rings (SSSR count). The van der Waals surface area contributed by atoms with Gasteiger partial charge in [0.05, 0.1) is 13.7 Å². The summed E-state index contributed by atoms with van der Waals surface area (Å²) in [5.74, 6) is 2.49. The van der Waals surface area contributed by atoms with Gasteiger partial charge >= 0.3 is 0 Å². The average Bonchev–Trinajstić information content (AvgIpc) is 2.96. The van der Waals surface area contributed by atoms with Crippen molar-refractivity contribution in [2.24, 2.45) is 5.92 Å². The Morgan fingerprint density at radius 1 is 1.11 bits per heavy atom. The maximum atomic E-state index is 5.58. The molecule has 1 aromatic rings. The molecule has 1 aliphatic heterocycles. The molecule has 0 spiro atoms. The fourth-order valence-corrected chi connectivity index (χ4v) is 2.20. The third kappa shape index (κ3) is 5.09. The Labute approximate surface area is 115 Å². The molecule has 19 heavy (non-hydrogen) atoms. The Morgan fingerprint density at radius 2 is 1.89 bits per heavy atom. The lowest BCUT2D eigenvalue weighted by Gasteiger charge is -2.10. The lowest BCUT2D eigenvalue weighted by atomic mass is 10.1. The summed E-state index contributed by atoms with van der Waals surface area (Å²) in [5, 5.41) is 3.36. The fraction of sp³-hybridized carbons (Fsp3) is 0.600. The van der Waals surface area contributed by atoms with Crippen molar-refractivity contribution < 1.29 is 14.2 Å². The van der Waals surface area contributed by atoms with Crippen molar-refractivity contribution in [1.82, 2.24) is 5.32 Å². The molecule has 1 N–H and O–H groups in total. The van der Waals surface area contributed by atoms with Crippen LogP contribution in [0.2, 0.25) is 0 Å². The zero-order valence-electron chi connectivity index (χ0n) is 11.6. The van der Waals surface area contributed by atoms with E-state index in [9.17, 15) is 0 Å². The van der Waals surface area contributed by atoms with Crippen LogP contribution in [0.3, 0.4) is 0 Å². The summed E-state index contributed by atoms with van der Waals surface area (Å²) < 4.78 is 16.3. The number of hydrogen-bond acceptors (Lipinski definition) is 4. The molecule has 1 saturated heterocycles. The predicted octanol–water partition coefficient (Wildman–Crippen LogP) is 2.09. The summed E-state index contributed by atoms with van der Waals surface area (Å²) in [5.41, 5.74) is 0. The molecule has 0 amide bonds. The summed E-state index contributed by atoms with van der Waals surface area (Å²) in [4.78, 5) is 0. The first-order valence-corrected chi connectivity index (χ1v) is 6.94. The molecule has 1 heterocycles. The van der Waals surface area contributed by atoms with Crippen LogP contribution in [-0.4, -0.2) is 40.0 Å². The van der Waals surface area contributed by atoms with Gasteiger partial charge in [-0.3, -0.25) is 0 Å². The van der Waals surface area contributed by atoms with Gasteiger partial charge < -0.3 is 19.5 Å². The lowest BCUT2D eigenvalue weighted by molar-refractivity contribution is 0.0914. The number of methoxy groups -OCH3 is 1. The van der Waals surface area contributed by atoms with Gasteiger partial charge in [-0.2, -0.15) is 0 Å². The minimum absolute atomic E-state index is 0.593. The minimum atomic E-state index is 0.593. The SMILES string of the molecule is COc1ccc(OCCOCCC2CCNC2)cc1. The molecule has 4 nitrogen and oxygen atoms in total. The standard InChI is InChI=1S/C15H23NO3/c1-17-14-2-4-15(5-3-14)19-11-10-18-9-7-13-6-8-16-12-13/h2-5,13,16H,6-12H2,1H3. The van der Waals surface area contributed by atoms with Gasteiger partial charge in [0, 0.05) is 6.61 Å². The van der Waals surface area contributed by atoms with E-state index >= 15 is 0 Å². The Kier molecular flexibility index (Phi) is 5.98. The van der Waals surface area contributed by atoms with Crippen molar-refractivity contribution in [2.45, 2.75) is 12.8 Å². The van der Waals surface area contributed by atoms with E-state index in [1.807, 2.05) is 24.3 Å². The van der Waals surface area contributed by atoms with Gasteiger partial charge in [-0.05, 0) is 56.1 Å². The van der Waals surface area contributed by atoms with E-state index in [1.54, 1.807) is 7.11 Å². The molecular weight excluding hydrogens is 242 g/mol. The van der Waals surface area contributed by atoms with Gasteiger partial charge in [0.25, 0.3) is 0 Å². The van der Waals surface area contributed by atoms with E-state index in [1.165, 1.54) is 6.42 Å². The quantitative estimate of drug-likeness (QED) is 0.731. The molecule has 1 unspecified atom stereocenters. The molecule has 1 atom stereocenters. The van der Waals surface area contributed by atoms with Crippen LogP contribution in [0.5, 0.6) is 11.5 Å². The van der Waals surface area contributed by atoms with Gasteiger partial charge in [-0.25, -0.2) is 0 Å². The van der Waals surface area contributed by atoms with Crippen molar-refractivity contribution in [3.05, 3.63) is 24.3 Å². The van der Waals surface area contributed by atoms with E-state index in [0.29, 0.717) is 13.2 Å². The Bertz CT molecular complexity index is 347. The number of rotatable bonds is 8. The molecule has 1 fully saturated rings. The van der Waals surface area contributed by atoms with Crippen molar-refractivity contribution in [3.8, 4) is 11.5 Å². The number of hydrogen-bond donors (Lipinski definition) is 1. The van der Waals surface area contributed by atoms with E-state index in [2.05, 4.69) is 5.32 Å². The largest absolute Gasteiger partial charge is 0.497 e. The summed E-state index contributed by atoms with van der Waals surface area (Å²) in [6.07, 6.45) is 2.43. The Balaban J connectivity index is 1.51. The van der Waals surface area contributed by atoms with Crippen molar-refractivity contribution in [3.63, 3.8) is 0 Å². The molecular formula is C15H23NO3. The third-order valence-electron chi connectivity index (χ3n) is 3.39. The first-order chi connectivity index (χ1) is 9.38. The average molecular weight is 265 g/mol. The maximum Gasteiger partial charge on any atom is 0.119 e. The summed E-state index contributed by atoms with van der Waals surface area (Å²) in [6.45, 7) is 4.37. The molecule has 4 heteroatoms. The molecule has 0 aliphatic carbocycles. The lowest BCUT2D eigenvalue weighted by Crippen LogP contribution is -2.12. The fourth-order valence-electron chi connectivity index (χ4n) is 2.20.